The van der Waals surface area contributed by atoms with E-state index in [0.717, 1.165) is 16.0 Å². The minimum atomic E-state index is -1.16. The molecule has 9 heteroatoms. The monoisotopic (exact) mass is 406 g/mol. The number of carboxylic acid groups (broad SMARTS) is 1. The van der Waals surface area contributed by atoms with E-state index in [2.05, 4.69) is 25.5 Å². The number of fused-ring (bicyclic) bond motifs is 1. The fraction of sp³-hybridized carbons (Fsp3) is 0.190. The number of halogens is 1. The number of hydrogen-bond donors (Lipinski definition) is 2. The zero-order chi connectivity index (χ0) is 21.3. The summed E-state index contributed by atoms with van der Waals surface area (Å²) in [6.45, 7) is 1.89. The number of benzene rings is 2. The largest absolute Gasteiger partial charge is 0.465 e. The molecule has 1 amide bonds. The molecule has 1 aliphatic heterocycles. The molecule has 3 aromatic rings. The number of para-hydroxylation sites is 1. The van der Waals surface area contributed by atoms with Crippen molar-refractivity contribution in [2.45, 2.75) is 19.4 Å². The maximum atomic E-state index is 13.4. The highest BCUT2D eigenvalue weighted by atomic mass is 19.1. The van der Waals surface area contributed by atoms with Crippen LogP contribution in [0.5, 0.6) is 0 Å². The van der Waals surface area contributed by atoms with Gasteiger partial charge in [-0.15, -0.1) is 0 Å². The second-order valence-electron chi connectivity index (χ2n) is 6.96. The van der Waals surface area contributed by atoms with E-state index in [1.165, 1.54) is 31.3 Å². The fourth-order valence-corrected chi connectivity index (χ4v) is 3.26. The predicted octanol–water partition coefficient (Wildman–Crippen LogP) is 3.87. The summed E-state index contributed by atoms with van der Waals surface area (Å²) in [6, 6.07) is 12.2. The highest BCUT2D eigenvalue weighted by Gasteiger charge is 2.27. The first kappa shape index (κ1) is 19.4. The Morgan fingerprint density at radius 3 is 2.60 bits per heavy atom. The van der Waals surface area contributed by atoms with Crippen LogP contribution in [0.2, 0.25) is 0 Å². The number of aromatic nitrogens is 2. The Morgan fingerprint density at radius 2 is 1.93 bits per heavy atom. The molecule has 2 heterocycles. The minimum Gasteiger partial charge on any atom is -0.465 e. The molecule has 4 rings (SSSR count). The van der Waals surface area contributed by atoms with Gasteiger partial charge in [0.15, 0.2) is 11.6 Å². The van der Waals surface area contributed by atoms with Gasteiger partial charge in [-0.3, -0.25) is 10.3 Å². The molecule has 0 saturated heterocycles. The van der Waals surface area contributed by atoms with E-state index in [9.17, 15) is 14.3 Å². The molecule has 8 nitrogen and oxygen atoms in total. The van der Waals surface area contributed by atoms with E-state index in [0.29, 0.717) is 29.2 Å². The summed E-state index contributed by atoms with van der Waals surface area (Å²) in [4.78, 5) is 26.7. The Bertz CT molecular complexity index is 1180. The zero-order valence-electron chi connectivity index (χ0n) is 16.4. The Balaban J connectivity index is 1.88. The summed E-state index contributed by atoms with van der Waals surface area (Å²) in [6.07, 6.45) is -0.584. The summed E-state index contributed by atoms with van der Waals surface area (Å²) >= 11 is 0. The summed E-state index contributed by atoms with van der Waals surface area (Å²) in [5.74, 6) is 0.894. The third-order valence-corrected chi connectivity index (χ3v) is 4.76. The number of rotatable bonds is 4. The van der Waals surface area contributed by atoms with Crippen molar-refractivity contribution in [3.05, 3.63) is 65.7 Å². The molecule has 0 bridgehead atoms. The Morgan fingerprint density at radius 1 is 1.20 bits per heavy atom. The Hall–Kier alpha value is -3.88. The number of amides is 1. The maximum absolute atomic E-state index is 13.4. The first-order chi connectivity index (χ1) is 14.4. The number of carbonyl (C=O) groups is 1. The van der Waals surface area contributed by atoms with Gasteiger partial charge in [0.1, 0.15) is 17.7 Å². The lowest BCUT2D eigenvalue weighted by Gasteiger charge is -2.25. The number of hydrazone groups is 1. The molecule has 30 heavy (non-hydrogen) atoms. The van der Waals surface area contributed by atoms with Gasteiger partial charge in [-0.25, -0.2) is 24.1 Å². The van der Waals surface area contributed by atoms with Gasteiger partial charge in [-0.1, -0.05) is 24.3 Å². The van der Waals surface area contributed by atoms with Gasteiger partial charge in [-0.2, -0.15) is 5.10 Å². The van der Waals surface area contributed by atoms with Crippen molar-refractivity contribution in [2.75, 3.05) is 7.05 Å². The van der Waals surface area contributed by atoms with Crippen molar-refractivity contribution in [1.29, 1.82) is 0 Å². The second-order valence-corrected chi connectivity index (χ2v) is 6.96. The van der Waals surface area contributed by atoms with Crippen LogP contribution in [0, 0.1) is 5.82 Å². The van der Waals surface area contributed by atoms with E-state index in [4.69, 9.17) is 0 Å². The third-order valence-electron chi connectivity index (χ3n) is 4.76. The van der Waals surface area contributed by atoms with Gasteiger partial charge in [0.25, 0.3) is 0 Å². The molecule has 0 radical (unpaired) electrons. The molecule has 152 valence electrons. The van der Waals surface area contributed by atoms with E-state index in [1.807, 2.05) is 31.2 Å². The molecule has 0 fully saturated rings. The van der Waals surface area contributed by atoms with Gasteiger partial charge in [-0.05, 0) is 36.8 Å². The molecule has 0 saturated carbocycles. The number of aliphatic imine (C=N–C) groups is 1. The standard InChI is InChI=1S/C21H19FN6O2/c1-12-11-17(27-26-12)24-19-15-5-3-4-6-16(15)23-20(25-19)18(28(2)21(29)30)13-7-9-14(22)10-8-13/h3-10,18H,11H2,1-2H3,(H,29,30)(H,23,24,25,27). The quantitative estimate of drug-likeness (QED) is 0.685. The first-order valence-electron chi connectivity index (χ1n) is 9.27. The number of nitrogens with one attached hydrogen (secondary N) is 1. The average Bonchev–Trinajstić information content (AvgIpc) is 3.14. The predicted molar refractivity (Wildman–Crippen MR) is 112 cm³/mol. The molecule has 2 N–H and O–H groups in total. The molecule has 1 aliphatic rings. The van der Waals surface area contributed by atoms with Crippen molar-refractivity contribution in [2.24, 2.45) is 10.1 Å². The SMILES string of the molecule is CC1=NNC(=Nc2nc(C(c3ccc(F)cc3)N(C)C(=O)O)nc3ccccc23)C1. The normalized spacial score (nSPS) is 15.7. The summed E-state index contributed by atoms with van der Waals surface area (Å²) in [5, 5.41) is 14.5. The summed E-state index contributed by atoms with van der Waals surface area (Å²) in [7, 11) is 1.43. The molecule has 1 unspecified atom stereocenters. The molecule has 0 spiro atoms. The van der Waals surface area contributed by atoms with Crippen LogP contribution >= 0.6 is 0 Å². The van der Waals surface area contributed by atoms with Crippen LogP contribution in [0.1, 0.15) is 30.8 Å². The van der Waals surface area contributed by atoms with Gasteiger partial charge >= 0.3 is 6.09 Å². The van der Waals surface area contributed by atoms with Gasteiger partial charge in [0, 0.05) is 24.6 Å². The zero-order valence-corrected chi connectivity index (χ0v) is 16.4. The fourth-order valence-electron chi connectivity index (χ4n) is 3.26. The Labute approximate surface area is 171 Å². The van der Waals surface area contributed by atoms with Crippen LogP contribution in [0.3, 0.4) is 0 Å². The maximum Gasteiger partial charge on any atom is 0.407 e. The summed E-state index contributed by atoms with van der Waals surface area (Å²) < 4.78 is 13.4. The van der Waals surface area contributed by atoms with Crippen molar-refractivity contribution in [3.8, 4) is 0 Å². The number of amidine groups is 1. The molecule has 0 aliphatic carbocycles. The van der Waals surface area contributed by atoms with E-state index in [1.54, 1.807) is 0 Å². The highest BCUT2D eigenvalue weighted by Crippen LogP contribution is 2.31. The smallest absolute Gasteiger partial charge is 0.407 e. The number of hydrogen-bond acceptors (Lipinski definition) is 5. The minimum absolute atomic E-state index is 0.250. The van der Waals surface area contributed by atoms with E-state index >= 15 is 0 Å². The van der Waals surface area contributed by atoms with Crippen LogP contribution < -0.4 is 5.43 Å². The van der Waals surface area contributed by atoms with Crippen LogP contribution in [0.4, 0.5) is 15.0 Å². The van der Waals surface area contributed by atoms with Crippen LogP contribution in [-0.2, 0) is 0 Å². The molecular weight excluding hydrogens is 387 g/mol. The highest BCUT2D eigenvalue weighted by molar-refractivity contribution is 6.07. The molecule has 1 atom stereocenters. The van der Waals surface area contributed by atoms with Crippen molar-refractivity contribution < 1.29 is 14.3 Å². The topological polar surface area (TPSA) is 103 Å². The van der Waals surface area contributed by atoms with Crippen LogP contribution in [0.25, 0.3) is 10.9 Å². The van der Waals surface area contributed by atoms with Gasteiger partial charge < -0.3 is 5.11 Å². The van der Waals surface area contributed by atoms with Crippen molar-refractivity contribution in [1.82, 2.24) is 20.3 Å². The lowest BCUT2D eigenvalue weighted by Crippen LogP contribution is -2.31. The second kappa shape index (κ2) is 7.86. The molecule has 1 aromatic heterocycles. The van der Waals surface area contributed by atoms with Gasteiger partial charge in [0.2, 0.25) is 0 Å². The van der Waals surface area contributed by atoms with Crippen LogP contribution in [-0.4, -0.2) is 44.7 Å². The van der Waals surface area contributed by atoms with Crippen molar-refractivity contribution >= 4 is 34.4 Å². The van der Waals surface area contributed by atoms with E-state index in [-0.39, 0.29) is 5.82 Å². The lowest BCUT2D eigenvalue weighted by molar-refractivity contribution is 0.144. The van der Waals surface area contributed by atoms with Crippen LogP contribution in [0.15, 0.2) is 58.6 Å². The molecular formula is C21H19FN6O2. The Kier molecular flexibility index (Phi) is 5.09. The average molecular weight is 406 g/mol. The molecule has 2 aromatic carbocycles. The first-order valence-corrected chi connectivity index (χ1v) is 9.27. The number of nitrogens with zero attached hydrogens (tertiary/aromatic N) is 5. The van der Waals surface area contributed by atoms with E-state index < -0.39 is 18.0 Å². The lowest BCUT2D eigenvalue weighted by atomic mass is 10.0. The third kappa shape index (κ3) is 3.82. The van der Waals surface area contributed by atoms with Crippen molar-refractivity contribution in [3.63, 3.8) is 0 Å². The van der Waals surface area contributed by atoms with Gasteiger partial charge in [0.05, 0.1) is 5.52 Å². The summed E-state index contributed by atoms with van der Waals surface area (Å²) in [5.41, 5.74) is 4.96.